The molecule has 0 spiro atoms. The summed E-state index contributed by atoms with van der Waals surface area (Å²) in [5.41, 5.74) is 0. The number of carbonyl (C=O) groups excluding carboxylic acids is 1. The van der Waals surface area contributed by atoms with E-state index in [4.69, 9.17) is 5.84 Å². The van der Waals surface area contributed by atoms with Gasteiger partial charge in [0.2, 0.25) is 0 Å². The lowest BCUT2D eigenvalue weighted by molar-refractivity contribution is 0.379. The maximum Gasteiger partial charge on any atom is 0.327 e. The zero-order chi connectivity index (χ0) is 9.23. The predicted molar refractivity (Wildman–Crippen MR) is 50.0 cm³/mol. The van der Waals surface area contributed by atoms with Crippen LogP contribution in [0.25, 0.3) is 0 Å². The van der Waals surface area contributed by atoms with Crippen LogP contribution >= 0.6 is 0 Å². The van der Waals surface area contributed by atoms with Gasteiger partial charge in [0.1, 0.15) is 0 Å². The minimum atomic E-state index is 0.635. The van der Waals surface area contributed by atoms with Crippen molar-refractivity contribution < 1.29 is 4.79 Å². The normalized spacial score (nSPS) is 9.83. The average molecular weight is 171 g/mol. The molecular formula is C9H19N2O. The molecule has 12 heavy (non-hydrogen) atoms. The van der Waals surface area contributed by atoms with Gasteiger partial charge in [0.25, 0.3) is 0 Å². The van der Waals surface area contributed by atoms with Crippen LogP contribution in [0.3, 0.4) is 0 Å². The molecule has 0 aliphatic heterocycles. The number of nitrogens with zero attached hydrogens (tertiary/aromatic N) is 1. The van der Waals surface area contributed by atoms with Gasteiger partial charge in [0.05, 0.1) is 0 Å². The van der Waals surface area contributed by atoms with Crippen molar-refractivity contribution in [1.82, 2.24) is 5.01 Å². The summed E-state index contributed by atoms with van der Waals surface area (Å²) in [6.45, 7) is 2.83. The van der Waals surface area contributed by atoms with Crippen LogP contribution in [-0.4, -0.2) is 18.0 Å². The third-order valence-electron chi connectivity index (χ3n) is 1.87. The molecule has 0 saturated heterocycles. The molecule has 1 radical (unpaired) electrons. The Bertz CT molecular complexity index is 107. The van der Waals surface area contributed by atoms with Gasteiger partial charge in [-0.3, -0.25) is 9.80 Å². The summed E-state index contributed by atoms with van der Waals surface area (Å²) < 4.78 is 0. The molecule has 0 bridgehead atoms. The van der Waals surface area contributed by atoms with Gasteiger partial charge < -0.3 is 0 Å². The van der Waals surface area contributed by atoms with E-state index in [9.17, 15) is 4.79 Å². The summed E-state index contributed by atoms with van der Waals surface area (Å²) in [5, 5.41) is 1.08. The van der Waals surface area contributed by atoms with E-state index in [2.05, 4.69) is 6.92 Å². The minimum Gasteiger partial charge on any atom is -0.272 e. The van der Waals surface area contributed by atoms with Gasteiger partial charge in [-0.25, -0.2) is 5.84 Å². The highest BCUT2D eigenvalue weighted by atomic mass is 16.1. The van der Waals surface area contributed by atoms with Crippen LogP contribution in [0, 0.1) is 0 Å². The van der Waals surface area contributed by atoms with Crippen LogP contribution in [0.2, 0.25) is 0 Å². The van der Waals surface area contributed by atoms with Crippen molar-refractivity contribution in [3.8, 4) is 0 Å². The molecule has 0 unspecified atom stereocenters. The Kier molecular flexibility index (Phi) is 8.12. The number of hydrogen-bond acceptors (Lipinski definition) is 2. The van der Waals surface area contributed by atoms with Gasteiger partial charge in [-0.2, -0.15) is 0 Å². The molecule has 0 aromatic carbocycles. The van der Waals surface area contributed by atoms with Crippen molar-refractivity contribution in [2.24, 2.45) is 5.84 Å². The van der Waals surface area contributed by atoms with E-state index < -0.39 is 0 Å². The van der Waals surface area contributed by atoms with E-state index >= 15 is 0 Å². The number of rotatable bonds is 8. The standard InChI is InChI=1S/C9H19N2O/c1-2-3-4-5-6-7-8-11(10)9-12/h2-8,10H2,1H3. The summed E-state index contributed by atoms with van der Waals surface area (Å²) >= 11 is 0. The zero-order valence-corrected chi connectivity index (χ0v) is 7.88. The average Bonchev–Trinajstić information content (AvgIpc) is 2.10. The van der Waals surface area contributed by atoms with Gasteiger partial charge in [-0.1, -0.05) is 39.0 Å². The Morgan fingerprint density at radius 3 is 2.33 bits per heavy atom. The van der Waals surface area contributed by atoms with Gasteiger partial charge in [0.15, 0.2) is 0 Å². The van der Waals surface area contributed by atoms with Crippen LogP contribution in [0.5, 0.6) is 0 Å². The second-order valence-corrected chi connectivity index (χ2v) is 3.05. The first-order valence-electron chi connectivity index (χ1n) is 4.71. The third kappa shape index (κ3) is 7.54. The molecular weight excluding hydrogens is 152 g/mol. The van der Waals surface area contributed by atoms with Gasteiger partial charge in [0, 0.05) is 6.54 Å². The predicted octanol–water partition coefficient (Wildman–Crippen LogP) is 1.59. The molecule has 0 heterocycles. The SMILES string of the molecule is CCCCCCCCN(N)[C]=O. The fourth-order valence-corrected chi connectivity index (χ4v) is 1.11. The van der Waals surface area contributed by atoms with Crippen LogP contribution in [-0.2, 0) is 4.79 Å². The molecule has 0 aliphatic rings. The highest BCUT2D eigenvalue weighted by molar-refractivity contribution is 5.46. The van der Waals surface area contributed by atoms with E-state index in [0.29, 0.717) is 6.54 Å². The lowest BCUT2D eigenvalue weighted by atomic mass is 10.1. The van der Waals surface area contributed by atoms with Crippen molar-refractivity contribution >= 4 is 6.41 Å². The molecule has 2 N–H and O–H groups in total. The lowest BCUT2D eigenvalue weighted by Gasteiger charge is -2.07. The molecule has 3 heteroatoms. The van der Waals surface area contributed by atoms with E-state index in [0.717, 1.165) is 17.9 Å². The molecule has 0 atom stereocenters. The van der Waals surface area contributed by atoms with Crippen LogP contribution in [0.1, 0.15) is 45.4 Å². The minimum absolute atomic E-state index is 0.635. The summed E-state index contributed by atoms with van der Waals surface area (Å²) in [6.07, 6.45) is 8.91. The van der Waals surface area contributed by atoms with Crippen molar-refractivity contribution in [3.63, 3.8) is 0 Å². The van der Waals surface area contributed by atoms with Gasteiger partial charge in [-0.05, 0) is 6.42 Å². The fraction of sp³-hybridized carbons (Fsp3) is 0.889. The maximum absolute atomic E-state index is 9.95. The quantitative estimate of drug-likeness (QED) is 0.198. The maximum atomic E-state index is 9.95. The Labute approximate surface area is 74.9 Å². The monoisotopic (exact) mass is 171 g/mol. The van der Waals surface area contributed by atoms with Crippen molar-refractivity contribution in [2.75, 3.05) is 6.54 Å². The molecule has 71 valence electrons. The van der Waals surface area contributed by atoms with Gasteiger partial charge >= 0.3 is 6.41 Å². The first-order chi connectivity index (χ1) is 5.81. The number of nitrogens with two attached hydrogens (primary N) is 1. The third-order valence-corrected chi connectivity index (χ3v) is 1.87. The van der Waals surface area contributed by atoms with E-state index in [-0.39, 0.29) is 0 Å². The van der Waals surface area contributed by atoms with E-state index in [1.54, 1.807) is 6.41 Å². The number of hydrogen-bond donors (Lipinski definition) is 1. The number of unbranched alkanes of at least 4 members (excludes halogenated alkanes) is 5. The summed E-state index contributed by atoms with van der Waals surface area (Å²) in [7, 11) is 0. The zero-order valence-electron chi connectivity index (χ0n) is 7.88. The summed E-state index contributed by atoms with van der Waals surface area (Å²) in [5.74, 6) is 5.22. The highest BCUT2D eigenvalue weighted by Crippen LogP contribution is 2.04. The molecule has 0 aromatic rings. The second kappa shape index (κ2) is 8.53. The fourth-order valence-electron chi connectivity index (χ4n) is 1.11. The Morgan fingerprint density at radius 1 is 1.17 bits per heavy atom. The summed E-state index contributed by atoms with van der Waals surface area (Å²) in [6, 6.07) is 0. The Morgan fingerprint density at radius 2 is 1.75 bits per heavy atom. The van der Waals surface area contributed by atoms with Crippen molar-refractivity contribution in [3.05, 3.63) is 0 Å². The first kappa shape index (κ1) is 11.4. The van der Waals surface area contributed by atoms with E-state index in [1.807, 2.05) is 0 Å². The molecule has 3 nitrogen and oxygen atoms in total. The van der Waals surface area contributed by atoms with Crippen molar-refractivity contribution in [2.45, 2.75) is 45.4 Å². The largest absolute Gasteiger partial charge is 0.327 e. The highest BCUT2D eigenvalue weighted by Gasteiger charge is 1.94. The molecule has 0 aliphatic carbocycles. The van der Waals surface area contributed by atoms with Crippen LogP contribution in [0.15, 0.2) is 0 Å². The Hall–Kier alpha value is -0.570. The first-order valence-corrected chi connectivity index (χ1v) is 4.71. The molecule has 0 fully saturated rings. The smallest absolute Gasteiger partial charge is 0.272 e. The van der Waals surface area contributed by atoms with Crippen LogP contribution < -0.4 is 5.84 Å². The van der Waals surface area contributed by atoms with Gasteiger partial charge in [-0.15, -0.1) is 0 Å². The molecule has 0 saturated carbocycles. The topological polar surface area (TPSA) is 46.3 Å². The molecule has 0 aromatic heterocycles. The lowest BCUT2D eigenvalue weighted by Crippen LogP contribution is -2.30. The molecule has 0 rings (SSSR count). The number of amides is 1. The molecule has 1 amide bonds. The summed E-state index contributed by atoms with van der Waals surface area (Å²) in [4.78, 5) is 9.95. The van der Waals surface area contributed by atoms with Crippen LogP contribution in [0.4, 0.5) is 0 Å². The van der Waals surface area contributed by atoms with Crippen molar-refractivity contribution in [1.29, 1.82) is 0 Å². The number of hydrazine groups is 1. The Balaban J connectivity index is 2.95. The van der Waals surface area contributed by atoms with E-state index in [1.165, 1.54) is 25.7 Å². The second-order valence-electron chi connectivity index (χ2n) is 3.05.